The molecule has 1 saturated heterocycles. The molecule has 0 spiro atoms. The van der Waals surface area contributed by atoms with Gasteiger partial charge in [-0.1, -0.05) is 0 Å². The van der Waals surface area contributed by atoms with E-state index in [4.69, 9.17) is 14.6 Å². The van der Waals surface area contributed by atoms with Gasteiger partial charge in [-0.05, 0) is 20.8 Å². The highest BCUT2D eigenvalue weighted by atomic mass is 19.1. The zero-order chi connectivity index (χ0) is 12.5. The molecular formula is C10H19FO5. The van der Waals surface area contributed by atoms with Crippen molar-refractivity contribution >= 4 is 0 Å². The summed E-state index contributed by atoms with van der Waals surface area (Å²) in [6, 6.07) is 0. The van der Waals surface area contributed by atoms with Crippen LogP contribution in [0.15, 0.2) is 0 Å². The molecule has 0 saturated carbocycles. The molecule has 3 N–H and O–H groups in total. The minimum atomic E-state index is -1.84. The summed E-state index contributed by atoms with van der Waals surface area (Å²) in [7, 11) is 0. The van der Waals surface area contributed by atoms with E-state index in [-0.39, 0.29) is 0 Å². The summed E-state index contributed by atoms with van der Waals surface area (Å²) in [6.45, 7) is 4.65. The van der Waals surface area contributed by atoms with Crippen molar-refractivity contribution in [1.29, 1.82) is 0 Å². The van der Waals surface area contributed by atoms with Crippen LogP contribution in [0.5, 0.6) is 0 Å². The van der Waals surface area contributed by atoms with Crippen LogP contribution < -0.4 is 0 Å². The fourth-order valence-corrected chi connectivity index (χ4v) is 1.49. The van der Waals surface area contributed by atoms with Gasteiger partial charge < -0.3 is 24.8 Å². The average Bonchev–Trinajstić information content (AvgIpc) is 2.17. The van der Waals surface area contributed by atoms with Crippen LogP contribution in [0.4, 0.5) is 4.39 Å². The summed E-state index contributed by atoms with van der Waals surface area (Å²) in [5, 5.41) is 27.7. The van der Waals surface area contributed by atoms with Gasteiger partial charge in [0, 0.05) is 0 Å². The molecule has 0 aliphatic carbocycles. The first-order valence-electron chi connectivity index (χ1n) is 5.20. The molecule has 1 aliphatic heterocycles. The van der Waals surface area contributed by atoms with E-state index in [9.17, 15) is 14.6 Å². The Morgan fingerprint density at radius 3 is 2.25 bits per heavy atom. The van der Waals surface area contributed by atoms with Crippen LogP contribution in [-0.2, 0) is 9.47 Å². The Labute approximate surface area is 93.8 Å². The van der Waals surface area contributed by atoms with Gasteiger partial charge in [-0.2, -0.15) is 0 Å². The van der Waals surface area contributed by atoms with Gasteiger partial charge in [0.05, 0.1) is 12.2 Å². The number of alkyl halides is 1. The Bertz CT molecular complexity index is 228. The van der Waals surface area contributed by atoms with Crippen molar-refractivity contribution in [2.45, 2.75) is 57.1 Å². The Morgan fingerprint density at radius 2 is 1.81 bits per heavy atom. The molecule has 16 heavy (non-hydrogen) atoms. The molecule has 1 rings (SSSR count). The van der Waals surface area contributed by atoms with Crippen molar-refractivity contribution in [3.63, 3.8) is 0 Å². The van der Waals surface area contributed by atoms with E-state index in [1.54, 1.807) is 20.8 Å². The number of hydrogen-bond donors (Lipinski definition) is 3. The molecule has 3 unspecified atom stereocenters. The number of aliphatic hydroxyl groups is 3. The molecule has 1 heterocycles. The first-order chi connectivity index (χ1) is 7.26. The van der Waals surface area contributed by atoms with E-state index in [2.05, 4.69) is 0 Å². The number of ether oxygens (including phenoxy) is 2. The maximum atomic E-state index is 13.6. The van der Waals surface area contributed by atoms with E-state index in [1.165, 1.54) is 0 Å². The predicted molar refractivity (Wildman–Crippen MR) is 53.5 cm³/mol. The normalized spacial score (nSPS) is 41.1. The first kappa shape index (κ1) is 13.8. The van der Waals surface area contributed by atoms with Gasteiger partial charge in [0.15, 0.2) is 12.5 Å². The fourth-order valence-electron chi connectivity index (χ4n) is 1.49. The standard InChI is InChI=1S/C10H19FO5/c1-10(2,3)16-9-6(11)8(14)7(13)5(4-12)15-9/h5-9,12-14H,4H2,1-3H3/t5?,6?,7-,8?,9+/m1/s1. The third kappa shape index (κ3) is 3.11. The highest BCUT2D eigenvalue weighted by molar-refractivity contribution is 4.89. The summed E-state index contributed by atoms with van der Waals surface area (Å²) in [4.78, 5) is 0. The van der Waals surface area contributed by atoms with Crippen molar-refractivity contribution < 1.29 is 29.2 Å². The average molecular weight is 238 g/mol. The molecule has 1 aliphatic rings. The lowest BCUT2D eigenvalue weighted by Gasteiger charge is -2.40. The fraction of sp³-hybridized carbons (Fsp3) is 1.00. The van der Waals surface area contributed by atoms with Gasteiger partial charge in [-0.3, -0.25) is 0 Å². The van der Waals surface area contributed by atoms with E-state index < -0.39 is 43.0 Å². The van der Waals surface area contributed by atoms with Crippen molar-refractivity contribution in [3.05, 3.63) is 0 Å². The van der Waals surface area contributed by atoms with Gasteiger partial charge in [0.1, 0.15) is 18.3 Å². The maximum absolute atomic E-state index is 13.6. The maximum Gasteiger partial charge on any atom is 0.192 e. The number of hydrogen-bond acceptors (Lipinski definition) is 5. The molecule has 1 fully saturated rings. The molecule has 96 valence electrons. The highest BCUT2D eigenvalue weighted by Crippen LogP contribution is 2.27. The molecule has 0 aromatic rings. The Balaban J connectivity index is 2.71. The lowest BCUT2D eigenvalue weighted by molar-refractivity contribution is -0.308. The quantitative estimate of drug-likeness (QED) is 0.609. The van der Waals surface area contributed by atoms with E-state index >= 15 is 0 Å². The van der Waals surface area contributed by atoms with Crippen LogP contribution in [0.2, 0.25) is 0 Å². The number of aliphatic hydroxyl groups excluding tert-OH is 3. The van der Waals surface area contributed by atoms with Crippen LogP contribution in [0.1, 0.15) is 20.8 Å². The van der Waals surface area contributed by atoms with Gasteiger partial charge in [-0.25, -0.2) is 4.39 Å². The van der Waals surface area contributed by atoms with Crippen LogP contribution in [0, 0.1) is 0 Å². The summed E-state index contributed by atoms with van der Waals surface area (Å²) < 4.78 is 23.9. The van der Waals surface area contributed by atoms with Gasteiger partial charge in [-0.15, -0.1) is 0 Å². The molecule has 0 amide bonds. The third-order valence-electron chi connectivity index (χ3n) is 2.28. The molecule has 0 radical (unpaired) electrons. The summed E-state index contributed by atoms with van der Waals surface area (Å²) in [6.07, 6.45) is -7.21. The Hall–Kier alpha value is -0.270. The Morgan fingerprint density at radius 1 is 1.25 bits per heavy atom. The van der Waals surface area contributed by atoms with Crippen LogP contribution in [-0.4, -0.2) is 58.3 Å². The van der Waals surface area contributed by atoms with Gasteiger partial charge in [0.2, 0.25) is 0 Å². The topological polar surface area (TPSA) is 79.2 Å². The number of rotatable bonds is 2. The molecule has 0 aromatic heterocycles. The smallest absolute Gasteiger partial charge is 0.192 e. The largest absolute Gasteiger partial charge is 0.394 e. The van der Waals surface area contributed by atoms with Crippen LogP contribution in [0.25, 0.3) is 0 Å². The van der Waals surface area contributed by atoms with Gasteiger partial charge in [0.25, 0.3) is 0 Å². The summed E-state index contributed by atoms with van der Waals surface area (Å²) in [5.74, 6) is 0. The second kappa shape index (κ2) is 4.93. The lowest BCUT2D eigenvalue weighted by Crippen LogP contribution is -2.58. The SMILES string of the molecule is CC(C)(C)O[C@@H]1OC(CO)[C@@H](O)C(O)C1F. The van der Waals surface area contributed by atoms with Crippen molar-refractivity contribution in [3.8, 4) is 0 Å². The Kier molecular flexibility index (Phi) is 4.25. The minimum Gasteiger partial charge on any atom is -0.394 e. The van der Waals surface area contributed by atoms with Crippen molar-refractivity contribution in [2.75, 3.05) is 6.61 Å². The molecular weight excluding hydrogens is 219 g/mol. The van der Waals surface area contributed by atoms with Crippen LogP contribution in [0.3, 0.4) is 0 Å². The second-order valence-corrected chi connectivity index (χ2v) is 4.88. The second-order valence-electron chi connectivity index (χ2n) is 4.88. The minimum absolute atomic E-state index is 0.505. The molecule has 0 aromatic carbocycles. The number of halogens is 1. The van der Waals surface area contributed by atoms with Gasteiger partial charge >= 0.3 is 0 Å². The molecule has 5 atom stereocenters. The predicted octanol–water partition coefficient (Wildman–Crippen LogP) is -0.421. The molecule has 5 nitrogen and oxygen atoms in total. The first-order valence-corrected chi connectivity index (χ1v) is 5.20. The zero-order valence-electron chi connectivity index (χ0n) is 9.63. The van der Waals surface area contributed by atoms with E-state index in [1.807, 2.05) is 0 Å². The van der Waals surface area contributed by atoms with E-state index in [0.29, 0.717) is 0 Å². The third-order valence-corrected chi connectivity index (χ3v) is 2.28. The summed E-state index contributed by atoms with van der Waals surface area (Å²) >= 11 is 0. The van der Waals surface area contributed by atoms with Crippen molar-refractivity contribution in [1.82, 2.24) is 0 Å². The van der Waals surface area contributed by atoms with E-state index in [0.717, 1.165) is 0 Å². The van der Waals surface area contributed by atoms with Crippen molar-refractivity contribution in [2.24, 2.45) is 0 Å². The molecule has 0 bridgehead atoms. The highest BCUT2D eigenvalue weighted by Gasteiger charge is 2.46. The monoisotopic (exact) mass is 238 g/mol. The summed E-state index contributed by atoms with van der Waals surface area (Å²) in [5.41, 5.74) is -0.642. The zero-order valence-corrected chi connectivity index (χ0v) is 9.63. The lowest BCUT2D eigenvalue weighted by atomic mass is 10.00. The van der Waals surface area contributed by atoms with Crippen LogP contribution >= 0.6 is 0 Å². The molecule has 6 heteroatoms.